The molecule has 2 aromatic rings. The molecule has 2 rings (SSSR count). The molecule has 2 heterocycles. The normalized spacial score (nSPS) is 12.6. The Morgan fingerprint density at radius 2 is 2.29 bits per heavy atom. The van der Waals surface area contributed by atoms with E-state index in [1.165, 1.54) is 17.1 Å². The van der Waals surface area contributed by atoms with Crippen molar-refractivity contribution in [3.05, 3.63) is 35.7 Å². The van der Waals surface area contributed by atoms with E-state index >= 15 is 0 Å². The summed E-state index contributed by atoms with van der Waals surface area (Å²) in [6.45, 7) is 0. The average molecular weight is 236 g/mol. The molecule has 0 radical (unpaired) electrons. The predicted molar refractivity (Wildman–Crippen MR) is 58.5 cm³/mol. The van der Waals surface area contributed by atoms with Gasteiger partial charge >= 0.3 is 0 Å². The van der Waals surface area contributed by atoms with Gasteiger partial charge in [0.1, 0.15) is 5.82 Å². The van der Waals surface area contributed by atoms with Gasteiger partial charge in [0.2, 0.25) is 0 Å². The zero-order chi connectivity index (χ0) is 12.3. The van der Waals surface area contributed by atoms with Crippen molar-refractivity contribution in [3.63, 3.8) is 0 Å². The van der Waals surface area contributed by atoms with Gasteiger partial charge in [-0.3, -0.25) is 4.98 Å². The largest absolute Gasteiger partial charge is 0.313 e. The lowest BCUT2D eigenvalue weighted by atomic mass is 10.1. The van der Waals surface area contributed by atoms with E-state index in [1.807, 2.05) is 0 Å². The summed E-state index contributed by atoms with van der Waals surface area (Å²) in [6, 6.07) is 1.37. The van der Waals surface area contributed by atoms with Crippen LogP contribution in [0, 0.1) is 5.82 Å². The zero-order valence-electron chi connectivity index (χ0n) is 9.63. The molecule has 0 fully saturated rings. The van der Waals surface area contributed by atoms with Gasteiger partial charge in [0.15, 0.2) is 5.82 Å². The second kappa shape index (κ2) is 4.96. The summed E-state index contributed by atoms with van der Waals surface area (Å²) < 4.78 is 13.1. The second-order valence-corrected chi connectivity index (χ2v) is 3.68. The Hall–Kier alpha value is -1.89. The summed E-state index contributed by atoms with van der Waals surface area (Å²) in [5, 5.41) is 14.8. The molecule has 2 aromatic heterocycles. The standard InChI is InChI=1S/C10H13FN6/c1-12-9(4-10-14-16-17(2)15-10)7-3-8(11)6-13-5-7/h3,5-6,9,12H,4H2,1-2H3. The van der Waals surface area contributed by atoms with E-state index < -0.39 is 0 Å². The van der Waals surface area contributed by atoms with Crippen LogP contribution in [0.5, 0.6) is 0 Å². The van der Waals surface area contributed by atoms with Crippen LogP contribution in [-0.2, 0) is 13.5 Å². The fourth-order valence-electron chi connectivity index (χ4n) is 1.59. The number of nitrogens with zero attached hydrogens (tertiary/aromatic N) is 5. The van der Waals surface area contributed by atoms with Gasteiger partial charge in [-0.2, -0.15) is 4.80 Å². The monoisotopic (exact) mass is 236 g/mol. The molecule has 0 amide bonds. The fraction of sp³-hybridized carbons (Fsp3) is 0.400. The van der Waals surface area contributed by atoms with E-state index in [-0.39, 0.29) is 11.9 Å². The topological polar surface area (TPSA) is 68.5 Å². The molecule has 0 spiro atoms. The van der Waals surface area contributed by atoms with Gasteiger partial charge in [0.05, 0.1) is 13.2 Å². The van der Waals surface area contributed by atoms with Crippen LogP contribution in [0.3, 0.4) is 0 Å². The molecule has 1 atom stereocenters. The van der Waals surface area contributed by atoms with Gasteiger partial charge in [0, 0.05) is 18.7 Å². The van der Waals surface area contributed by atoms with E-state index in [0.29, 0.717) is 12.2 Å². The summed E-state index contributed by atoms with van der Waals surface area (Å²) >= 11 is 0. The summed E-state index contributed by atoms with van der Waals surface area (Å²) in [7, 11) is 3.50. The number of halogens is 1. The quantitative estimate of drug-likeness (QED) is 0.824. The Balaban J connectivity index is 2.16. The number of aromatic nitrogens is 5. The molecular weight excluding hydrogens is 223 g/mol. The number of tetrazole rings is 1. The summed E-state index contributed by atoms with van der Waals surface area (Å²) in [6.07, 6.45) is 3.34. The Kier molecular flexibility index (Phi) is 3.38. The van der Waals surface area contributed by atoms with Crippen LogP contribution in [0.25, 0.3) is 0 Å². The first-order chi connectivity index (χ1) is 8.19. The van der Waals surface area contributed by atoms with Crippen molar-refractivity contribution in [2.75, 3.05) is 7.05 Å². The maximum atomic E-state index is 13.1. The molecule has 0 saturated heterocycles. The van der Waals surface area contributed by atoms with Crippen LogP contribution in [0.15, 0.2) is 18.5 Å². The van der Waals surface area contributed by atoms with Crippen molar-refractivity contribution in [2.24, 2.45) is 7.05 Å². The maximum absolute atomic E-state index is 13.1. The molecule has 1 N–H and O–H groups in total. The fourth-order valence-corrected chi connectivity index (χ4v) is 1.59. The first kappa shape index (κ1) is 11.6. The number of rotatable bonds is 4. The van der Waals surface area contributed by atoms with Crippen molar-refractivity contribution >= 4 is 0 Å². The molecule has 0 bridgehead atoms. The van der Waals surface area contributed by atoms with Gasteiger partial charge in [-0.05, 0) is 23.9 Å². The molecule has 0 aliphatic rings. The SMILES string of the molecule is CNC(Cc1nnn(C)n1)c1cncc(F)c1. The highest BCUT2D eigenvalue weighted by atomic mass is 19.1. The number of aryl methyl sites for hydroxylation is 1. The molecule has 17 heavy (non-hydrogen) atoms. The third-order valence-electron chi connectivity index (χ3n) is 2.41. The van der Waals surface area contributed by atoms with Gasteiger partial charge < -0.3 is 5.32 Å². The van der Waals surface area contributed by atoms with Crippen LogP contribution in [-0.4, -0.2) is 32.2 Å². The van der Waals surface area contributed by atoms with E-state index in [9.17, 15) is 4.39 Å². The third-order valence-corrected chi connectivity index (χ3v) is 2.41. The van der Waals surface area contributed by atoms with Gasteiger partial charge in [-0.1, -0.05) is 0 Å². The van der Waals surface area contributed by atoms with Gasteiger partial charge in [-0.15, -0.1) is 10.2 Å². The highest BCUT2D eigenvalue weighted by Crippen LogP contribution is 2.15. The minimum absolute atomic E-state index is 0.0811. The maximum Gasteiger partial charge on any atom is 0.176 e. The van der Waals surface area contributed by atoms with E-state index in [2.05, 4.69) is 25.7 Å². The Morgan fingerprint density at radius 3 is 2.88 bits per heavy atom. The Bertz CT molecular complexity index is 497. The third kappa shape index (κ3) is 2.82. The highest BCUT2D eigenvalue weighted by Gasteiger charge is 2.14. The zero-order valence-corrected chi connectivity index (χ0v) is 9.63. The summed E-state index contributed by atoms with van der Waals surface area (Å²) in [4.78, 5) is 5.22. The molecular formula is C10H13FN6. The number of hydrogen-bond donors (Lipinski definition) is 1. The first-order valence-electron chi connectivity index (χ1n) is 5.19. The van der Waals surface area contributed by atoms with Crippen molar-refractivity contribution in [1.29, 1.82) is 0 Å². The number of likely N-dealkylation sites (N-methyl/N-ethyl adjacent to an activating group) is 1. The molecule has 0 aromatic carbocycles. The summed E-state index contributed by atoms with van der Waals surface area (Å²) in [5.74, 6) is 0.256. The molecule has 7 heteroatoms. The predicted octanol–water partition coefficient (Wildman–Crippen LogP) is 0.247. The smallest absolute Gasteiger partial charge is 0.176 e. The van der Waals surface area contributed by atoms with Crippen LogP contribution in [0.1, 0.15) is 17.4 Å². The lowest BCUT2D eigenvalue weighted by Gasteiger charge is -2.13. The molecule has 0 aliphatic heterocycles. The lowest BCUT2D eigenvalue weighted by molar-refractivity contribution is 0.557. The molecule has 6 nitrogen and oxygen atoms in total. The second-order valence-electron chi connectivity index (χ2n) is 3.68. The van der Waals surface area contributed by atoms with Crippen LogP contribution in [0.2, 0.25) is 0 Å². The molecule has 1 unspecified atom stereocenters. The number of pyridine rings is 1. The molecule has 0 aliphatic carbocycles. The Morgan fingerprint density at radius 1 is 1.47 bits per heavy atom. The van der Waals surface area contributed by atoms with Gasteiger partial charge in [-0.25, -0.2) is 4.39 Å². The molecule has 0 saturated carbocycles. The van der Waals surface area contributed by atoms with Gasteiger partial charge in [0.25, 0.3) is 0 Å². The van der Waals surface area contributed by atoms with Crippen LogP contribution in [0.4, 0.5) is 4.39 Å². The van der Waals surface area contributed by atoms with Crippen molar-refractivity contribution in [3.8, 4) is 0 Å². The van der Waals surface area contributed by atoms with E-state index in [4.69, 9.17) is 0 Å². The minimum Gasteiger partial charge on any atom is -0.313 e. The number of nitrogens with one attached hydrogen (secondary N) is 1. The average Bonchev–Trinajstić information content (AvgIpc) is 2.72. The highest BCUT2D eigenvalue weighted by molar-refractivity contribution is 5.16. The van der Waals surface area contributed by atoms with E-state index in [0.717, 1.165) is 5.56 Å². The van der Waals surface area contributed by atoms with Crippen molar-refractivity contribution < 1.29 is 4.39 Å². The van der Waals surface area contributed by atoms with Crippen molar-refractivity contribution in [2.45, 2.75) is 12.5 Å². The molecule has 90 valence electrons. The minimum atomic E-state index is -0.352. The van der Waals surface area contributed by atoms with Crippen molar-refractivity contribution in [1.82, 2.24) is 30.5 Å². The lowest BCUT2D eigenvalue weighted by Crippen LogP contribution is -2.20. The van der Waals surface area contributed by atoms with Crippen LogP contribution < -0.4 is 5.32 Å². The van der Waals surface area contributed by atoms with Crippen LogP contribution >= 0.6 is 0 Å². The van der Waals surface area contributed by atoms with E-state index in [1.54, 1.807) is 20.3 Å². The Labute approximate surface area is 97.9 Å². The summed E-state index contributed by atoms with van der Waals surface area (Å²) in [5.41, 5.74) is 0.764. The number of hydrogen-bond acceptors (Lipinski definition) is 5. The first-order valence-corrected chi connectivity index (χ1v) is 5.19.